The molecule has 3 heterocycles. The number of fused-ring (bicyclic) bond motifs is 3. The first kappa shape index (κ1) is 17.9. The Hall–Kier alpha value is -1.88. The molecule has 29 heavy (non-hydrogen) atoms. The van der Waals surface area contributed by atoms with Gasteiger partial charge in [0.25, 0.3) is 0 Å². The monoisotopic (exact) mass is 395 g/mol. The largest absolute Gasteiger partial charge is 0.469 e. The number of rotatable bonds is 1. The van der Waals surface area contributed by atoms with E-state index >= 15 is 0 Å². The predicted octanol–water partition coefficient (Wildman–Crippen LogP) is 3.02. The van der Waals surface area contributed by atoms with Crippen LogP contribution < -0.4 is 4.90 Å². The summed E-state index contributed by atoms with van der Waals surface area (Å²) in [4.78, 5) is 28.5. The number of amides is 1. The molecule has 3 saturated carbocycles. The van der Waals surface area contributed by atoms with Crippen molar-refractivity contribution in [2.75, 3.05) is 32.1 Å². The van der Waals surface area contributed by atoms with Gasteiger partial charge in [-0.3, -0.25) is 9.59 Å². The highest BCUT2D eigenvalue weighted by Gasteiger charge is 2.85. The number of anilines is 1. The molecule has 6 aliphatic rings. The number of carbonyl (C=O) groups is 2. The van der Waals surface area contributed by atoms with E-state index in [4.69, 9.17) is 4.74 Å². The fourth-order valence-corrected chi connectivity index (χ4v) is 9.45. The van der Waals surface area contributed by atoms with Crippen molar-refractivity contribution in [2.24, 2.45) is 11.3 Å². The van der Waals surface area contributed by atoms with Gasteiger partial charge in [-0.1, -0.05) is 18.2 Å². The molecule has 0 unspecified atom stereocenters. The van der Waals surface area contributed by atoms with Crippen LogP contribution in [0.1, 0.15) is 51.0 Å². The van der Waals surface area contributed by atoms with Gasteiger partial charge in [0.1, 0.15) is 6.04 Å². The van der Waals surface area contributed by atoms with Crippen LogP contribution in [0.25, 0.3) is 0 Å². The summed E-state index contributed by atoms with van der Waals surface area (Å²) in [7, 11) is 3.96. The van der Waals surface area contributed by atoms with Gasteiger partial charge >= 0.3 is 5.97 Å². The van der Waals surface area contributed by atoms with Crippen LogP contribution in [0.3, 0.4) is 0 Å². The molecule has 5 nitrogen and oxygen atoms in total. The van der Waals surface area contributed by atoms with Gasteiger partial charge in [-0.05, 0) is 43.7 Å². The third kappa shape index (κ3) is 1.68. The fourth-order valence-electron chi connectivity index (χ4n) is 9.45. The second-order valence-corrected chi connectivity index (χ2v) is 10.6. The molecule has 5 fully saturated rings. The molecule has 7 rings (SSSR count). The molecule has 2 saturated heterocycles. The lowest BCUT2D eigenvalue weighted by Gasteiger charge is -2.70. The summed E-state index contributed by atoms with van der Waals surface area (Å²) in [5.41, 5.74) is 1.94. The number of benzene rings is 1. The molecule has 0 N–H and O–H groups in total. The highest BCUT2D eigenvalue weighted by Crippen LogP contribution is 2.77. The maximum Gasteiger partial charge on any atom is 0.311 e. The number of esters is 1. The number of likely N-dealkylation sites (N-methyl/N-ethyl adjacent to an activating group) is 1. The van der Waals surface area contributed by atoms with E-state index in [2.05, 4.69) is 30.1 Å². The van der Waals surface area contributed by atoms with E-state index < -0.39 is 5.54 Å². The number of nitrogens with zero attached hydrogens (tertiary/aromatic N) is 2. The standard InChI is InChI=1S/C24H31N2O3/c1-16(27)25-19-8-5-4-7-17(19)23-12-14-26(2)13-6-9-22(21(23)26)10-11-24(23,25)18(15-22)20(28)29-3/h4-5,7-8,18,21H,6,9-15H2,1-3H3/q+1/t18-,21+,22+,23+,24+,26+/m0/s1. The zero-order valence-electron chi connectivity index (χ0n) is 17.7. The minimum atomic E-state index is -0.477. The van der Waals surface area contributed by atoms with Crippen LogP contribution in [0.15, 0.2) is 24.3 Å². The number of methoxy groups -OCH3 is 1. The van der Waals surface area contributed by atoms with Crippen molar-refractivity contribution < 1.29 is 18.8 Å². The van der Waals surface area contributed by atoms with Gasteiger partial charge in [0.05, 0.1) is 44.1 Å². The van der Waals surface area contributed by atoms with Crippen LogP contribution in [-0.4, -0.2) is 55.2 Å². The van der Waals surface area contributed by atoms with Gasteiger partial charge in [-0.25, -0.2) is 0 Å². The number of piperidine rings is 1. The molecule has 154 valence electrons. The lowest BCUT2D eigenvalue weighted by molar-refractivity contribution is -0.939. The molecule has 3 spiro atoms. The Balaban J connectivity index is 1.72. The summed E-state index contributed by atoms with van der Waals surface area (Å²) in [6.07, 6.45) is 6.42. The summed E-state index contributed by atoms with van der Waals surface area (Å²) in [6, 6.07) is 9.02. The van der Waals surface area contributed by atoms with Gasteiger partial charge in [0, 0.05) is 24.4 Å². The summed E-state index contributed by atoms with van der Waals surface area (Å²) in [5.74, 6) is -0.291. The Labute approximate surface area is 172 Å². The third-order valence-corrected chi connectivity index (χ3v) is 9.82. The Morgan fingerprint density at radius 2 is 1.93 bits per heavy atom. The Bertz CT molecular complexity index is 946. The lowest BCUT2D eigenvalue weighted by Crippen LogP contribution is -2.81. The van der Waals surface area contributed by atoms with E-state index in [0.717, 1.165) is 42.4 Å². The van der Waals surface area contributed by atoms with Crippen molar-refractivity contribution in [1.29, 1.82) is 0 Å². The van der Waals surface area contributed by atoms with Crippen LogP contribution in [-0.2, 0) is 19.7 Å². The van der Waals surface area contributed by atoms with Crippen LogP contribution in [0.2, 0.25) is 0 Å². The summed E-state index contributed by atoms with van der Waals surface area (Å²) >= 11 is 0. The second kappa shape index (κ2) is 5.23. The molecule has 0 radical (unpaired) electrons. The molecule has 3 aliphatic heterocycles. The van der Waals surface area contributed by atoms with Crippen molar-refractivity contribution in [3.63, 3.8) is 0 Å². The number of carbonyl (C=O) groups excluding carboxylic acids is 2. The van der Waals surface area contributed by atoms with Crippen LogP contribution in [0, 0.1) is 11.3 Å². The molecule has 2 bridgehead atoms. The maximum absolute atomic E-state index is 13.3. The van der Waals surface area contributed by atoms with E-state index in [1.807, 2.05) is 6.07 Å². The first-order chi connectivity index (χ1) is 13.9. The predicted molar refractivity (Wildman–Crippen MR) is 109 cm³/mol. The maximum atomic E-state index is 13.3. The average Bonchev–Trinajstić information content (AvgIpc) is 3.19. The number of para-hydroxylation sites is 1. The molecule has 1 amide bonds. The SMILES string of the molecule is COC(=O)[C@@H]1C[C@@]23CCC[N@+]4(C)CC[C@@]5(c6ccccc6N(C(C)=O)[C@]15CC2)[C@@H]34. The van der Waals surface area contributed by atoms with Crippen LogP contribution in [0.4, 0.5) is 5.69 Å². The summed E-state index contributed by atoms with van der Waals surface area (Å²) < 4.78 is 6.50. The molecular weight excluding hydrogens is 364 g/mol. The second-order valence-electron chi connectivity index (χ2n) is 10.6. The van der Waals surface area contributed by atoms with Crippen LogP contribution >= 0.6 is 0 Å². The van der Waals surface area contributed by atoms with E-state index in [-0.39, 0.29) is 28.6 Å². The van der Waals surface area contributed by atoms with Gasteiger partial charge in [0.2, 0.25) is 5.91 Å². The van der Waals surface area contributed by atoms with Crippen LogP contribution in [0.5, 0.6) is 0 Å². The molecule has 5 heteroatoms. The van der Waals surface area contributed by atoms with E-state index in [9.17, 15) is 9.59 Å². The highest BCUT2D eigenvalue weighted by molar-refractivity contribution is 5.99. The first-order valence-electron chi connectivity index (χ1n) is 11.2. The van der Waals surface area contributed by atoms with Crippen molar-refractivity contribution in [3.05, 3.63) is 29.8 Å². The Kier molecular flexibility index (Phi) is 3.24. The first-order valence-corrected chi connectivity index (χ1v) is 11.2. The Morgan fingerprint density at radius 3 is 2.69 bits per heavy atom. The number of ether oxygens (including phenoxy) is 1. The third-order valence-electron chi connectivity index (χ3n) is 9.82. The minimum Gasteiger partial charge on any atom is -0.469 e. The van der Waals surface area contributed by atoms with E-state index in [1.165, 1.54) is 32.1 Å². The van der Waals surface area contributed by atoms with Gasteiger partial charge in [-0.15, -0.1) is 0 Å². The van der Waals surface area contributed by atoms with Crippen molar-refractivity contribution in [3.8, 4) is 0 Å². The van der Waals surface area contributed by atoms with Crippen molar-refractivity contribution >= 4 is 17.6 Å². The molecule has 3 aliphatic carbocycles. The summed E-state index contributed by atoms with van der Waals surface area (Å²) in [5, 5.41) is 0. The van der Waals surface area contributed by atoms with Crippen molar-refractivity contribution in [2.45, 2.75) is 62.4 Å². The highest BCUT2D eigenvalue weighted by atomic mass is 16.5. The quantitative estimate of drug-likeness (QED) is 0.542. The minimum absolute atomic E-state index is 0.0644. The fraction of sp³-hybridized carbons (Fsp3) is 0.667. The molecule has 1 aromatic rings. The normalized spacial score (nSPS) is 46.1. The number of hydrogen-bond acceptors (Lipinski definition) is 3. The average molecular weight is 396 g/mol. The molecule has 0 aromatic heterocycles. The molecule has 1 aromatic carbocycles. The number of hydrogen-bond donors (Lipinski definition) is 0. The van der Waals surface area contributed by atoms with Crippen molar-refractivity contribution in [1.82, 2.24) is 0 Å². The van der Waals surface area contributed by atoms with Gasteiger partial charge < -0.3 is 14.1 Å². The summed E-state index contributed by atoms with van der Waals surface area (Å²) in [6.45, 7) is 4.04. The zero-order chi connectivity index (χ0) is 20.2. The van der Waals surface area contributed by atoms with E-state index in [0.29, 0.717) is 6.04 Å². The topological polar surface area (TPSA) is 46.6 Å². The number of quaternary nitrogens is 1. The lowest BCUT2D eigenvalue weighted by atomic mass is 9.38. The molecule has 6 atom stereocenters. The molecular formula is C24H31N2O3+. The van der Waals surface area contributed by atoms with Gasteiger partial charge in [-0.2, -0.15) is 0 Å². The Morgan fingerprint density at radius 1 is 1.14 bits per heavy atom. The smallest absolute Gasteiger partial charge is 0.311 e. The zero-order valence-corrected chi connectivity index (χ0v) is 17.7. The van der Waals surface area contributed by atoms with Gasteiger partial charge in [0.15, 0.2) is 0 Å². The van der Waals surface area contributed by atoms with E-state index in [1.54, 1.807) is 6.92 Å².